The summed E-state index contributed by atoms with van der Waals surface area (Å²) < 4.78 is 66.0. The molecule has 0 spiro atoms. The molecule has 3 N–H and O–H groups in total. The molecule has 14 heteroatoms. The van der Waals surface area contributed by atoms with Gasteiger partial charge in [-0.1, -0.05) is 31.5 Å². The molecule has 1 saturated heterocycles. The third-order valence-corrected chi connectivity index (χ3v) is 8.80. The van der Waals surface area contributed by atoms with Crippen LogP contribution in [0.2, 0.25) is 5.02 Å². The second kappa shape index (κ2) is 12.9. The van der Waals surface area contributed by atoms with Crippen LogP contribution in [0.15, 0.2) is 18.2 Å². The lowest BCUT2D eigenvalue weighted by Gasteiger charge is -2.23. The second-order valence-electron chi connectivity index (χ2n) is 10.9. The van der Waals surface area contributed by atoms with Crippen LogP contribution in [-0.4, -0.2) is 61.9 Å². The number of nitrogens with two attached hydrogens (primary N) is 1. The quantitative estimate of drug-likeness (QED) is 0.220. The van der Waals surface area contributed by atoms with Crippen LogP contribution in [-0.2, 0) is 4.74 Å². The van der Waals surface area contributed by atoms with Crippen LogP contribution in [0.1, 0.15) is 32.3 Å². The molecular formula is C30H31ClF4N6O2S. The van der Waals surface area contributed by atoms with E-state index in [2.05, 4.69) is 15.3 Å². The average Bonchev–Trinajstić information content (AvgIpc) is 3.58. The molecule has 2 fully saturated rings. The monoisotopic (exact) mass is 650 g/mol. The fourth-order valence-electron chi connectivity index (χ4n) is 5.07. The fourth-order valence-corrected chi connectivity index (χ4v) is 6.32. The third-order valence-electron chi connectivity index (χ3n) is 7.47. The molecule has 0 bridgehead atoms. The Bertz CT molecular complexity index is 1740. The van der Waals surface area contributed by atoms with Crippen LogP contribution in [0, 0.1) is 28.9 Å². The Morgan fingerprint density at radius 1 is 1.27 bits per heavy atom. The van der Waals surface area contributed by atoms with Crippen molar-refractivity contribution in [2.24, 2.45) is 5.92 Å². The molecule has 2 aromatic carbocycles. The Hall–Kier alpha value is -3.44. The maximum absolute atomic E-state index is 16.2. The zero-order valence-electron chi connectivity index (χ0n) is 24.3. The number of nitrogens with one attached hydrogen (secondary N) is 1. The lowest BCUT2D eigenvalue weighted by atomic mass is 9.97. The molecule has 0 amide bonds. The standard InChI is InChI=1S/C23H18ClF2N5O2S.C7H13F2N/c1-32-23-29-19-12(22(30-23)31-5-2-7-33-8-6-31)9-14(24)17(18(19)26)11-3-4-15(25)20-16(11)13(10-27)21(28)34-20;1-5(2)10-4-6-3-7(6,8)9/h3-4,9H,2,5-8,28H2,1H3;5-6,10H,3-4H2,1-2H3. The van der Waals surface area contributed by atoms with Crippen molar-refractivity contribution in [3.8, 4) is 23.2 Å². The summed E-state index contributed by atoms with van der Waals surface area (Å²) in [5.41, 5.74) is 6.29. The van der Waals surface area contributed by atoms with E-state index in [4.69, 9.17) is 26.8 Å². The van der Waals surface area contributed by atoms with Crippen molar-refractivity contribution >= 4 is 54.7 Å². The molecule has 1 atom stereocenters. The van der Waals surface area contributed by atoms with E-state index >= 15 is 4.39 Å². The van der Waals surface area contributed by atoms with Gasteiger partial charge in [-0.15, -0.1) is 11.3 Å². The Morgan fingerprint density at radius 2 is 2.02 bits per heavy atom. The number of halogens is 5. The summed E-state index contributed by atoms with van der Waals surface area (Å²) >= 11 is 7.56. The van der Waals surface area contributed by atoms with E-state index in [0.717, 1.165) is 17.8 Å². The number of nitrogens with zero attached hydrogens (tertiary/aromatic N) is 4. The van der Waals surface area contributed by atoms with Gasteiger partial charge in [-0.3, -0.25) is 0 Å². The molecule has 44 heavy (non-hydrogen) atoms. The van der Waals surface area contributed by atoms with Crippen molar-refractivity contribution in [2.45, 2.75) is 38.7 Å². The zero-order chi connectivity index (χ0) is 31.8. The molecule has 1 unspecified atom stereocenters. The minimum atomic E-state index is -2.36. The van der Waals surface area contributed by atoms with E-state index in [1.165, 1.54) is 19.2 Å². The molecule has 8 nitrogen and oxygen atoms in total. The lowest BCUT2D eigenvalue weighted by Crippen LogP contribution is -2.27. The normalized spacial score (nSPS) is 17.7. The van der Waals surface area contributed by atoms with Gasteiger partial charge in [0.15, 0.2) is 5.82 Å². The van der Waals surface area contributed by atoms with E-state index in [9.17, 15) is 18.4 Å². The van der Waals surface area contributed by atoms with Gasteiger partial charge in [0.1, 0.15) is 28.2 Å². The largest absolute Gasteiger partial charge is 0.467 e. The van der Waals surface area contributed by atoms with Gasteiger partial charge in [0.05, 0.1) is 29.0 Å². The van der Waals surface area contributed by atoms with Crippen molar-refractivity contribution < 1.29 is 27.0 Å². The third kappa shape index (κ3) is 6.35. The maximum Gasteiger partial charge on any atom is 0.318 e. The summed E-state index contributed by atoms with van der Waals surface area (Å²) in [6.07, 6.45) is 0.860. The Morgan fingerprint density at radius 3 is 2.68 bits per heavy atom. The van der Waals surface area contributed by atoms with Gasteiger partial charge in [-0.25, -0.2) is 17.6 Å². The smallest absolute Gasteiger partial charge is 0.318 e. The number of rotatable bonds is 6. The van der Waals surface area contributed by atoms with Gasteiger partial charge in [-0.2, -0.15) is 15.2 Å². The molecule has 1 aliphatic carbocycles. The van der Waals surface area contributed by atoms with E-state index in [-0.39, 0.29) is 54.7 Å². The first-order valence-corrected chi connectivity index (χ1v) is 15.2. The highest BCUT2D eigenvalue weighted by Gasteiger charge is 2.56. The van der Waals surface area contributed by atoms with Crippen molar-refractivity contribution in [1.82, 2.24) is 15.3 Å². The number of anilines is 2. The predicted molar refractivity (Wildman–Crippen MR) is 165 cm³/mol. The number of thiophene rings is 1. The van der Waals surface area contributed by atoms with Crippen molar-refractivity contribution in [3.63, 3.8) is 0 Å². The van der Waals surface area contributed by atoms with Crippen LogP contribution in [0.5, 0.6) is 6.01 Å². The number of hydrogen-bond donors (Lipinski definition) is 2. The SMILES string of the molecule is CC(C)NCC1CC1(F)F.COc1nc(N2CCCOCC2)c2cc(Cl)c(-c3ccc(F)c4sc(N)c(C#N)c34)c(F)c2n1. The minimum absolute atomic E-state index is 0.000584. The van der Waals surface area contributed by atoms with Gasteiger partial charge < -0.3 is 25.4 Å². The van der Waals surface area contributed by atoms with Crippen molar-refractivity contribution in [2.75, 3.05) is 50.6 Å². The summed E-state index contributed by atoms with van der Waals surface area (Å²) in [6.45, 7) is 6.74. The van der Waals surface area contributed by atoms with Crippen molar-refractivity contribution in [3.05, 3.63) is 40.4 Å². The van der Waals surface area contributed by atoms with Crippen LogP contribution in [0.25, 0.3) is 32.1 Å². The number of hydrogen-bond acceptors (Lipinski definition) is 9. The Balaban J connectivity index is 0.000000328. The topological polar surface area (TPSA) is 109 Å². The lowest BCUT2D eigenvalue weighted by molar-refractivity contribution is 0.0983. The minimum Gasteiger partial charge on any atom is -0.467 e. The second-order valence-corrected chi connectivity index (χ2v) is 12.4. The summed E-state index contributed by atoms with van der Waals surface area (Å²) in [5.74, 6) is -3.54. The van der Waals surface area contributed by atoms with Crippen LogP contribution in [0.3, 0.4) is 0 Å². The molecule has 2 aliphatic rings. The number of nitriles is 1. The molecule has 1 saturated carbocycles. The average molecular weight is 651 g/mol. The summed E-state index contributed by atoms with van der Waals surface area (Å²) in [6, 6.07) is 6.51. The molecule has 6 rings (SSSR count). The number of aromatic nitrogens is 2. The molecular weight excluding hydrogens is 620 g/mol. The molecule has 3 heterocycles. The molecule has 0 radical (unpaired) electrons. The molecule has 2 aromatic heterocycles. The van der Waals surface area contributed by atoms with Gasteiger partial charge in [0, 0.05) is 61.0 Å². The number of methoxy groups -OCH3 is 1. The Labute approximate surface area is 260 Å². The maximum atomic E-state index is 16.2. The predicted octanol–water partition coefficient (Wildman–Crippen LogP) is 6.77. The van der Waals surface area contributed by atoms with E-state index < -0.39 is 23.5 Å². The highest BCUT2D eigenvalue weighted by atomic mass is 35.5. The zero-order valence-corrected chi connectivity index (χ0v) is 25.9. The fraction of sp³-hybridized carbons (Fsp3) is 0.433. The van der Waals surface area contributed by atoms with Gasteiger partial charge in [0.25, 0.3) is 5.92 Å². The highest BCUT2D eigenvalue weighted by molar-refractivity contribution is 7.23. The van der Waals surface area contributed by atoms with Gasteiger partial charge >= 0.3 is 6.01 Å². The van der Waals surface area contributed by atoms with Crippen LogP contribution in [0.4, 0.5) is 28.4 Å². The van der Waals surface area contributed by atoms with E-state index in [0.29, 0.717) is 50.1 Å². The highest BCUT2D eigenvalue weighted by Crippen LogP contribution is 2.48. The van der Waals surface area contributed by atoms with E-state index in [1.807, 2.05) is 24.8 Å². The number of ether oxygens (including phenoxy) is 2. The summed E-state index contributed by atoms with van der Waals surface area (Å²) in [7, 11) is 1.40. The first-order chi connectivity index (χ1) is 21.0. The van der Waals surface area contributed by atoms with Gasteiger partial charge in [0.2, 0.25) is 0 Å². The van der Waals surface area contributed by atoms with E-state index in [1.54, 1.807) is 6.07 Å². The molecule has 1 aliphatic heterocycles. The van der Waals surface area contributed by atoms with Crippen molar-refractivity contribution in [1.29, 1.82) is 5.26 Å². The summed E-state index contributed by atoms with van der Waals surface area (Å²) in [5, 5.41) is 13.5. The number of alkyl halides is 2. The Kier molecular flexibility index (Phi) is 9.36. The molecule has 4 aromatic rings. The summed E-state index contributed by atoms with van der Waals surface area (Å²) in [4.78, 5) is 10.7. The first kappa shape index (κ1) is 32.0. The first-order valence-electron chi connectivity index (χ1n) is 14.0. The number of benzene rings is 2. The number of fused-ring (bicyclic) bond motifs is 2. The number of nitrogen functional groups attached to an aromatic ring is 1. The van der Waals surface area contributed by atoms with Gasteiger partial charge in [-0.05, 0) is 24.1 Å². The van der Waals surface area contributed by atoms with Crippen LogP contribution < -0.4 is 20.7 Å². The van der Waals surface area contributed by atoms with Crippen LogP contribution >= 0.6 is 22.9 Å². The molecule has 234 valence electrons.